The quantitative estimate of drug-likeness (QED) is 0.510. The molecule has 100 valence electrons. The summed E-state index contributed by atoms with van der Waals surface area (Å²) in [5.41, 5.74) is 5.98. The zero-order chi connectivity index (χ0) is 13.7. The largest absolute Gasteiger partial charge is 0.506 e. The maximum Gasteiger partial charge on any atom is 0.253 e. The Bertz CT molecular complexity index is 423. The van der Waals surface area contributed by atoms with Gasteiger partial charge in [-0.3, -0.25) is 4.79 Å². The molecule has 0 saturated heterocycles. The summed E-state index contributed by atoms with van der Waals surface area (Å²) < 4.78 is 4.78. The maximum atomic E-state index is 12.0. The van der Waals surface area contributed by atoms with Gasteiger partial charge in [0.1, 0.15) is 5.75 Å². The smallest absolute Gasteiger partial charge is 0.253 e. The van der Waals surface area contributed by atoms with E-state index in [0.29, 0.717) is 5.56 Å². The van der Waals surface area contributed by atoms with Crippen LogP contribution >= 0.6 is 0 Å². The van der Waals surface area contributed by atoms with Gasteiger partial charge in [0.25, 0.3) is 5.91 Å². The number of hydrogen-bond donors (Lipinski definition) is 3. The van der Waals surface area contributed by atoms with Crippen molar-refractivity contribution in [3.63, 3.8) is 0 Å². The molecule has 6 heteroatoms. The lowest BCUT2D eigenvalue weighted by atomic mass is 10.1. The van der Waals surface area contributed by atoms with Gasteiger partial charge in [-0.2, -0.15) is 0 Å². The Labute approximate surface area is 106 Å². The molecule has 1 rings (SSSR count). The number of anilines is 1. The number of nitrogens with zero attached hydrogens (tertiary/aromatic N) is 1. The van der Waals surface area contributed by atoms with Crippen LogP contribution in [-0.2, 0) is 4.74 Å². The molecule has 0 fully saturated rings. The second kappa shape index (κ2) is 6.23. The molecular weight excluding hydrogens is 236 g/mol. The number of carbonyl (C=O) groups is 1. The Morgan fingerprint density at radius 3 is 2.78 bits per heavy atom. The summed E-state index contributed by atoms with van der Waals surface area (Å²) in [7, 11) is 3.04. The average molecular weight is 254 g/mol. The molecule has 0 aliphatic rings. The molecule has 1 aromatic rings. The van der Waals surface area contributed by atoms with Gasteiger partial charge in [0.2, 0.25) is 0 Å². The highest BCUT2D eigenvalue weighted by atomic mass is 16.5. The third-order valence-corrected chi connectivity index (χ3v) is 2.47. The van der Waals surface area contributed by atoms with E-state index in [4.69, 9.17) is 10.5 Å². The zero-order valence-electron chi connectivity index (χ0n) is 10.5. The highest BCUT2D eigenvalue weighted by molar-refractivity contribution is 5.95. The van der Waals surface area contributed by atoms with Gasteiger partial charge in [0, 0.05) is 26.3 Å². The molecule has 0 bridgehead atoms. The summed E-state index contributed by atoms with van der Waals surface area (Å²) in [5, 5.41) is 19.0. The molecule has 0 spiro atoms. The van der Waals surface area contributed by atoms with E-state index >= 15 is 0 Å². The number of phenolic OH excluding ortho intramolecular Hbond substituents is 1. The van der Waals surface area contributed by atoms with Crippen LogP contribution in [0.4, 0.5) is 5.69 Å². The molecule has 0 heterocycles. The standard InChI is InChI=1S/C12H18N2O4/c1-14(6-9(15)7-18-2)12(17)8-3-4-10(13)11(16)5-8/h3-5,9,15-16H,6-7,13H2,1-2H3. The van der Waals surface area contributed by atoms with Crippen LogP contribution in [0.3, 0.4) is 0 Å². The van der Waals surface area contributed by atoms with Gasteiger partial charge in [0.15, 0.2) is 0 Å². The van der Waals surface area contributed by atoms with Crippen LogP contribution in [-0.4, -0.2) is 54.4 Å². The van der Waals surface area contributed by atoms with E-state index in [1.54, 1.807) is 7.05 Å². The number of benzene rings is 1. The number of likely N-dealkylation sites (N-methyl/N-ethyl adjacent to an activating group) is 1. The fraction of sp³-hybridized carbons (Fsp3) is 0.417. The maximum absolute atomic E-state index is 12.0. The molecular formula is C12H18N2O4. The van der Waals surface area contributed by atoms with Gasteiger partial charge in [-0.05, 0) is 18.2 Å². The molecule has 1 atom stereocenters. The molecule has 18 heavy (non-hydrogen) atoms. The first-order chi connectivity index (χ1) is 8.45. The Balaban J connectivity index is 2.71. The molecule has 1 unspecified atom stereocenters. The molecule has 4 N–H and O–H groups in total. The van der Waals surface area contributed by atoms with Crippen LogP contribution in [0.25, 0.3) is 0 Å². The highest BCUT2D eigenvalue weighted by Crippen LogP contribution is 2.21. The van der Waals surface area contributed by atoms with Gasteiger partial charge >= 0.3 is 0 Å². The van der Waals surface area contributed by atoms with Crippen LogP contribution in [0.2, 0.25) is 0 Å². The van der Waals surface area contributed by atoms with E-state index in [1.165, 1.54) is 30.2 Å². The molecule has 0 saturated carbocycles. The topological polar surface area (TPSA) is 96.0 Å². The number of amides is 1. The van der Waals surface area contributed by atoms with Crippen molar-refractivity contribution in [2.45, 2.75) is 6.10 Å². The normalized spacial score (nSPS) is 12.2. The fourth-order valence-electron chi connectivity index (χ4n) is 1.54. The minimum Gasteiger partial charge on any atom is -0.506 e. The summed E-state index contributed by atoms with van der Waals surface area (Å²) >= 11 is 0. The number of nitrogen functional groups attached to an aromatic ring is 1. The summed E-state index contributed by atoms with van der Waals surface area (Å²) in [6.45, 7) is 0.308. The summed E-state index contributed by atoms with van der Waals surface area (Å²) in [6, 6.07) is 4.29. The number of aliphatic hydroxyl groups excluding tert-OH is 1. The predicted octanol–water partition coefficient (Wildman–Crippen LogP) is 0.0537. The Hall–Kier alpha value is -1.79. The lowest BCUT2D eigenvalue weighted by Crippen LogP contribution is -2.36. The highest BCUT2D eigenvalue weighted by Gasteiger charge is 2.16. The summed E-state index contributed by atoms with van der Waals surface area (Å²) in [4.78, 5) is 13.3. The van der Waals surface area contributed by atoms with Crippen LogP contribution in [0.5, 0.6) is 5.75 Å². The van der Waals surface area contributed by atoms with Crippen molar-refractivity contribution in [3.8, 4) is 5.75 Å². The van der Waals surface area contributed by atoms with Crippen molar-refractivity contribution in [1.82, 2.24) is 4.90 Å². The van der Waals surface area contributed by atoms with Crippen molar-refractivity contribution in [2.75, 3.05) is 33.0 Å². The monoisotopic (exact) mass is 254 g/mol. The molecule has 0 aliphatic carbocycles. The third kappa shape index (κ3) is 3.61. The summed E-state index contributed by atoms with van der Waals surface area (Å²) in [6.07, 6.45) is -0.744. The van der Waals surface area contributed by atoms with Crippen molar-refractivity contribution in [1.29, 1.82) is 0 Å². The average Bonchev–Trinajstić information content (AvgIpc) is 2.32. The fourth-order valence-corrected chi connectivity index (χ4v) is 1.54. The molecule has 0 aliphatic heterocycles. The Morgan fingerprint density at radius 2 is 2.22 bits per heavy atom. The van der Waals surface area contributed by atoms with Gasteiger partial charge in [-0.15, -0.1) is 0 Å². The lowest BCUT2D eigenvalue weighted by Gasteiger charge is -2.20. The van der Waals surface area contributed by atoms with E-state index in [0.717, 1.165) is 0 Å². The first kappa shape index (κ1) is 14.3. The first-order valence-electron chi connectivity index (χ1n) is 5.46. The molecule has 0 radical (unpaired) electrons. The van der Waals surface area contributed by atoms with E-state index in [1.807, 2.05) is 0 Å². The predicted molar refractivity (Wildman–Crippen MR) is 67.4 cm³/mol. The van der Waals surface area contributed by atoms with Gasteiger partial charge in [0.05, 0.1) is 18.4 Å². The number of phenols is 1. The van der Waals surface area contributed by atoms with Crippen LogP contribution in [0, 0.1) is 0 Å². The second-order valence-corrected chi connectivity index (χ2v) is 4.07. The van der Waals surface area contributed by atoms with Crippen LogP contribution in [0.15, 0.2) is 18.2 Å². The zero-order valence-corrected chi connectivity index (χ0v) is 10.5. The Morgan fingerprint density at radius 1 is 1.56 bits per heavy atom. The number of methoxy groups -OCH3 is 1. The number of nitrogens with two attached hydrogens (primary N) is 1. The van der Waals surface area contributed by atoms with E-state index in [-0.39, 0.29) is 30.5 Å². The second-order valence-electron chi connectivity index (χ2n) is 4.07. The van der Waals surface area contributed by atoms with Crippen molar-refractivity contribution in [3.05, 3.63) is 23.8 Å². The van der Waals surface area contributed by atoms with Crippen molar-refractivity contribution in [2.24, 2.45) is 0 Å². The van der Waals surface area contributed by atoms with E-state index in [9.17, 15) is 15.0 Å². The minimum atomic E-state index is -0.744. The summed E-state index contributed by atoms with van der Waals surface area (Å²) in [5.74, 6) is -0.438. The number of ether oxygens (including phenoxy) is 1. The third-order valence-electron chi connectivity index (χ3n) is 2.47. The van der Waals surface area contributed by atoms with Crippen molar-refractivity contribution < 1.29 is 19.7 Å². The lowest BCUT2D eigenvalue weighted by molar-refractivity contribution is 0.0380. The number of aliphatic hydroxyl groups is 1. The SMILES string of the molecule is COCC(O)CN(C)C(=O)c1ccc(N)c(O)c1. The molecule has 0 aromatic heterocycles. The number of rotatable bonds is 5. The van der Waals surface area contributed by atoms with Gasteiger partial charge < -0.3 is 25.6 Å². The molecule has 6 nitrogen and oxygen atoms in total. The van der Waals surface area contributed by atoms with Crippen LogP contribution < -0.4 is 5.73 Å². The Kier molecular flexibility index (Phi) is 4.94. The van der Waals surface area contributed by atoms with Crippen LogP contribution in [0.1, 0.15) is 10.4 Å². The number of hydrogen-bond acceptors (Lipinski definition) is 5. The van der Waals surface area contributed by atoms with Crippen molar-refractivity contribution >= 4 is 11.6 Å². The molecule has 1 amide bonds. The molecule has 1 aromatic carbocycles. The van der Waals surface area contributed by atoms with Gasteiger partial charge in [-0.25, -0.2) is 0 Å². The van der Waals surface area contributed by atoms with Gasteiger partial charge in [-0.1, -0.05) is 0 Å². The first-order valence-corrected chi connectivity index (χ1v) is 5.46. The number of carbonyl (C=O) groups excluding carboxylic acids is 1. The minimum absolute atomic E-state index is 0.133. The van der Waals surface area contributed by atoms with E-state index < -0.39 is 6.10 Å². The van der Waals surface area contributed by atoms with E-state index in [2.05, 4.69) is 0 Å². The number of aromatic hydroxyl groups is 1.